The number of carbonyl (C=O) groups excluding carboxylic acids is 1. The predicted molar refractivity (Wildman–Crippen MR) is 67.7 cm³/mol. The van der Waals surface area contributed by atoms with Crippen LogP contribution in [0.2, 0.25) is 0 Å². The van der Waals surface area contributed by atoms with Crippen LogP contribution in [-0.2, 0) is 4.79 Å². The summed E-state index contributed by atoms with van der Waals surface area (Å²) in [5.74, 6) is 0.327. The SMILES string of the molecule is CCCN1CCN(CCCCC(C)=O)CC1. The highest BCUT2D eigenvalue weighted by Gasteiger charge is 2.15. The number of carbonyl (C=O) groups is 1. The fourth-order valence-corrected chi connectivity index (χ4v) is 2.26. The van der Waals surface area contributed by atoms with Gasteiger partial charge in [0.2, 0.25) is 0 Å². The molecule has 1 heterocycles. The fourth-order valence-electron chi connectivity index (χ4n) is 2.26. The van der Waals surface area contributed by atoms with Crippen LogP contribution in [0.1, 0.15) is 39.5 Å². The Labute approximate surface area is 99.8 Å². The first-order valence-corrected chi connectivity index (χ1v) is 6.66. The average molecular weight is 226 g/mol. The highest BCUT2D eigenvalue weighted by Crippen LogP contribution is 2.05. The van der Waals surface area contributed by atoms with Gasteiger partial charge in [0.25, 0.3) is 0 Å². The molecule has 0 bridgehead atoms. The molecule has 1 aliphatic rings. The molecule has 0 aromatic heterocycles. The minimum Gasteiger partial charge on any atom is -0.301 e. The number of unbranched alkanes of at least 4 members (excludes halogenated alkanes) is 1. The third kappa shape index (κ3) is 5.61. The van der Waals surface area contributed by atoms with E-state index in [-0.39, 0.29) is 0 Å². The van der Waals surface area contributed by atoms with Gasteiger partial charge < -0.3 is 14.6 Å². The highest BCUT2D eigenvalue weighted by atomic mass is 16.1. The van der Waals surface area contributed by atoms with Crippen LogP contribution in [0.3, 0.4) is 0 Å². The van der Waals surface area contributed by atoms with Crippen LogP contribution in [0.4, 0.5) is 0 Å². The van der Waals surface area contributed by atoms with Crippen molar-refractivity contribution in [2.24, 2.45) is 0 Å². The second-order valence-electron chi connectivity index (χ2n) is 4.84. The molecular weight excluding hydrogens is 200 g/mol. The number of hydrogen-bond donors (Lipinski definition) is 0. The van der Waals surface area contributed by atoms with Crippen molar-refractivity contribution in [1.29, 1.82) is 0 Å². The van der Waals surface area contributed by atoms with Crippen molar-refractivity contribution in [3.05, 3.63) is 0 Å². The number of ketones is 1. The number of hydrogen-bond acceptors (Lipinski definition) is 3. The Bertz CT molecular complexity index is 198. The van der Waals surface area contributed by atoms with Crippen LogP contribution >= 0.6 is 0 Å². The molecule has 1 saturated heterocycles. The Balaban J connectivity index is 2.01. The lowest BCUT2D eigenvalue weighted by atomic mass is 10.2. The van der Waals surface area contributed by atoms with Crippen LogP contribution in [0.5, 0.6) is 0 Å². The van der Waals surface area contributed by atoms with E-state index in [9.17, 15) is 4.79 Å². The van der Waals surface area contributed by atoms with Crippen LogP contribution < -0.4 is 0 Å². The maximum atomic E-state index is 10.8. The van der Waals surface area contributed by atoms with Crippen LogP contribution in [-0.4, -0.2) is 54.9 Å². The van der Waals surface area contributed by atoms with Crippen LogP contribution in [0.15, 0.2) is 0 Å². The molecule has 1 aliphatic heterocycles. The van der Waals surface area contributed by atoms with E-state index in [4.69, 9.17) is 0 Å². The molecule has 1 fully saturated rings. The van der Waals surface area contributed by atoms with Gasteiger partial charge in [-0.3, -0.25) is 0 Å². The molecule has 3 heteroatoms. The Morgan fingerprint density at radius 3 is 2.06 bits per heavy atom. The van der Waals surface area contributed by atoms with E-state index in [1.54, 1.807) is 6.92 Å². The molecule has 0 amide bonds. The average Bonchev–Trinajstić information content (AvgIpc) is 2.27. The first-order valence-electron chi connectivity index (χ1n) is 6.66. The molecular formula is C13H26N2O. The van der Waals surface area contributed by atoms with E-state index in [1.165, 1.54) is 52.1 Å². The molecule has 0 aliphatic carbocycles. The number of piperazine rings is 1. The van der Waals surface area contributed by atoms with Crippen LogP contribution in [0.25, 0.3) is 0 Å². The van der Waals surface area contributed by atoms with Gasteiger partial charge in [0.15, 0.2) is 0 Å². The Morgan fingerprint density at radius 2 is 1.56 bits per heavy atom. The van der Waals surface area contributed by atoms with Crippen molar-refractivity contribution in [1.82, 2.24) is 9.80 Å². The number of nitrogens with zero attached hydrogens (tertiary/aromatic N) is 2. The summed E-state index contributed by atoms with van der Waals surface area (Å²) < 4.78 is 0. The van der Waals surface area contributed by atoms with Crippen molar-refractivity contribution >= 4 is 5.78 Å². The smallest absolute Gasteiger partial charge is 0.129 e. The third-order valence-electron chi connectivity index (χ3n) is 3.26. The molecule has 0 aromatic rings. The number of Topliss-reactive ketones (excluding diaryl/α,β-unsaturated/α-hetero) is 1. The topological polar surface area (TPSA) is 23.6 Å². The van der Waals surface area contributed by atoms with Gasteiger partial charge in [-0.1, -0.05) is 6.92 Å². The van der Waals surface area contributed by atoms with Crippen molar-refractivity contribution in [2.45, 2.75) is 39.5 Å². The lowest BCUT2D eigenvalue weighted by Crippen LogP contribution is -2.46. The summed E-state index contributed by atoms with van der Waals surface area (Å²) in [6.07, 6.45) is 4.26. The van der Waals surface area contributed by atoms with E-state index in [0.717, 1.165) is 12.8 Å². The quantitative estimate of drug-likeness (QED) is 0.618. The van der Waals surface area contributed by atoms with Gasteiger partial charge in [0.1, 0.15) is 5.78 Å². The summed E-state index contributed by atoms with van der Waals surface area (Å²) in [5, 5.41) is 0. The van der Waals surface area contributed by atoms with Crippen molar-refractivity contribution in [3.63, 3.8) is 0 Å². The van der Waals surface area contributed by atoms with Crippen molar-refractivity contribution in [3.8, 4) is 0 Å². The summed E-state index contributed by atoms with van der Waals surface area (Å²) >= 11 is 0. The van der Waals surface area contributed by atoms with Gasteiger partial charge >= 0.3 is 0 Å². The monoisotopic (exact) mass is 226 g/mol. The third-order valence-corrected chi connectivity index (χ3v) is 3.26. The molecule has 16 heavy (non-hydrogen) atoms. The molecule has 0 unspecified atom stereocenters. The van der Waals surface area contributed by atoms with Crippen molar-refractivity contribution < 1.29 is 4.79 Å². The minimum absolute atomic E-state index is 0.327. The summed E-state index contributed by atoms with van der Waals surface area (Å²) in [5.41, 5.74) is 0. The summed E-state index contributed by atoms with van der Waals surface area (Å²) in [6, 6.07) is 0. The fraction of sp³-hybridized carbons (Fsp3) is 0.923. The maximum Gasteiger partial charge on any atom is 0.129 e. The zero-order valence-electron chi connectivity index (χ0n) is 10.9. The van der Waals surface area contributed by atoms with E-state index in [1.807, 2.05) is 0 Å². The second kappa shape index (κ2) is 7.80. The van der Waals surface area contributed by atoms with E-state index >= 15 is 0 Å². The van der Waals surface area contributed by atoms with Gasteiger partial charge in [-0.2, -0.15) is 0 Å². The van der Waals surface area contributed by atoms with E-state index < -0.39 is 0 Å². The van der Waals surface area contributed by atoms with Crippen LogP contribution in [0, 0.1) is 0 Å². The first kappa shape index (κ1) is 13.7. The molecule has 0 radical (unpaired) electrons. The van der Waals surface area contributed by atoms with E-state index in [2.05, 4.69) is 16.7 Å². The molecule has 94 valence electrons. The van der Waals surface area contributed by atoms with Gasteiger partial charge in [0, 0.05) is 32.6 Å². The molecule has 0 N–H and O–H groups in total. The molecule has 0 saturated carbocycles. The predicted octanol–water partition coefficient (Wildman–Crippen LogP) is 1.77. The molecule has 0 atom stereocenters. The molecule has 0 spiro atoms. The van der Waals surface area contributed by atoms with Gasteiger partial charge in [-0.05, 0) is 39.3 Å². The molecule has 1 rings (SSSR count). The maximum absolute atomic E-state index is 10.8. The van der Waals surface area contributed by atoms with Crippen molar-refractivity contribution in [2.75, 3.05) is 39.3 Å². The van der Waals surface area contributed by atoms with E-state index in [0.29, 0.717) is 5.78 Å². The highest BCUT2D eigenvalue weighted by molar-refractivity contribution is 5.75. The Hall–Kier alpha value is -0.410. The zero-order valence-corrected chi connectivity index (χ0v) is 10.9. The van der Waals surface area contributed by atoms with Gasteiger partial charge in [-0.15, -0.1) is 0 Å². The first-order chi connectivity index (χ1) is 7.72. The molecule has 0 aromatic carbocycles. The normalized spacial score (nSPS) is 18.9. The second-order valence-corrected chi connectivity index (χ2v) is 4.84. The Kier molecular flexibility index (Phi) is 6.65. The standard InChI is InChI=1S/C13H26N2O/c1-3-7-14-9-11-15(12-10-14)8-5-4-6-13(2)16/h3-12H2,1-2H3. The lowest BCUT2D eigenvalue weighted by Gasteiger charge is -2.34. The summed E-state index contributed by atoms with van der Waals surface area (Å²) in [7, 11) is 0. The number of rotatable bonds is 7. The lowest BCUT2D eigenvalue weighted by molar-refractivity contribution is -0.117. The Morgan fingerprint density at radius 1 is 1.00 bits per heavy atom. The minimum atomic E-state index is 0.327. The van der Waals surface area contributed by atoms with Gasteiger partial charge in [0.05, 0.1) is 0 Å². The van der Waals surface area contributed by atoms with Gasteiger partial charge in [-0.25, -0.2) is 0 Å². The summed E-state index contributed by atoms with van der Waals surface area (Å²) in [4.78, 5) is 15.9. The summed E-state index contributed by atoms with van der Waals surface area (Å²) in [6.45, 7) is 11.2. The molecule has 3 nitrogen and oxygen atoms in total. The largest absolute Gasteiger partial charge is 0.301 e. The zero-order chi connectivity index (χ0) is 11.8.